The first-order chi connectivity index (χ1) is 12.6. The fraction of sp³-hybridized carbons (Fsp3) is 0.318. The molecular formula is C22H24N2O2. The number of nitrogens with one attached hydrogen (secondary N) is 1. The van der Waals surface area contributed by atoms with Gasteiger partial charge in [-0.2, -0.15) is 0 Å². The monoisotopic (exact) mass is 348 g/mol. The number of aromatic nitrogens is 1. The molecule has 2 N–H and O–H groups in total. The van der Waals surface area contributed by atoms with Gasteiger partial charge in [-0.25, -0.2) is 4.98 Å². The first-order valence-corrected chi connectivity index (χ1v) is 9.09. The largest absolute Gasteiger partial charge is 0.494 e. The van der Waals surface area contributed by atoms with Crippen molar-refractivity contribution in [1.29, 1.82) is 0 Å². The van der Waals surface area contributed by atoms with Crippen LogP contribution in [0.3, 0.4) is 0 Å². The van der Waals surface area contributed by atoms with Crippen LogP contribution in [-0.2, 0) is 5.60 Å². The third kappa shape index (κ3) is 2.96. The van der Waals surface area contributed by atoms with Crippen molar-refractivity contribution in [2.24, 2.45) is 0 Å². The Labute approximate surface area is 153 Å². The van der Waals surface area contributed by atoms with Crippen molar-refractivity contribution in [3.8, 4) is 16.9 Å². The van der Waals surface area contributed by atoms with E-state index in [0.29, 0.717) is 0 Å². The van der Waals surface area contributed by atoms with Crippen molar-refractivity contribution >= 4 is 10.9 Å². The van der Waals surface area contributed by atoms with Gasteiger partial charge in [0.2, 0.25) is 0 Å². The van der Waals surface area contributed by atoms with E-state index < -0.39 is 5.60 Å². The van der Waals surface area contributed by atoms with Crippen LogP contribution < -0.4 is 10.1 Å². The number of aryl methyl sites for hydroxylation is 1. The van der Waals surface area contributed by atoms with Crippen LogP contribution in [0, 0.1) is 6.92 Å². The first kappa shape index (κ1) is 17.0. The lowest BCUT2D eigenvalue weighted by atomic mass is 9.84. The molecular weight excluding hydrogens is 324 g/mol. The summed E-state index contributed by atoms with van der Waals surface area (Å²) in [5, 5.41) is 15.3. The highest BCUT2D eigenvalue weighted by Gasteiger charge is 2.30. The van der Waals surface area contributed by atoms with Gasteiger partial charge in [-0.1, -0.05) is 30.3 Å². The Bertz CT molecular complexity index is 929. The minimum atomic E-state index is -0.718. The molecule has 1 fully saturated rings. The Morgan fingerprint density at radius 2 is 1.73 bits per heavy atom. The lowest BCUT2D eigenvalue weighted by molar-refractivity contribution is 0.00595. The number of pyridine rings is 1. The van der Waals surface area contributed by atoms with Gasteiger partial charge in [0, 0.05) is 11.1 Å². The number of piperidine rings is 1. The molecule has 4 heteroatoms. The molecule has 0 spiro atoms. The van der Waals surface area contributed by atoms with Crippen LogP contribution in [-0.4, -0.2) is 30.3 Å². The van der Waals surface area contributed by atoms with Crippen molar-refractivity contribution in [3.05, 3.63) is 59.8 Å². The quantitative estimate of drug-likeness (QED) is 0.756. The number of ether oxygens (including phenoxy) is 1. The molecule has 0 radical (unpaired) electrons. The summed E-state index contributed by atoms with van der Waals surface area (Å²) in [6, 6.07) is 16.5. The Kier molecular flexibility index (Phi) is 4.39. The molecule has 4 nitrogen and oxygen atoms in total. The Morgan fingerprint density at radius 1 is 1.00 bits per heavy atom. The maximum Gasteiger partial charge on any atom is 0.145 e. The van der Waals surface area contributed by atoms with Gasteiger partial charge in [-0.3, -0.25) is 0 Å². The van der Waals surface area contributed by atoms with Gasteiger partial charge in [0.1, 0.15) is 11.3 Å². The number of aliphatic hydroxyl groups is 1. The highest BCUT2D eigenvalue weighted by molar-refractivity contribution is 5.98. The molecule has 2 aromatic carbocycles. The average Bonchev–Trinajstić information content (AvgIpc) is 2.68. The van der Waals surface area contributed by atoms with E-state index >= 15 is 0 Å². The van der Waals surface area contributed by atoms with Gasteiger partial charge < -0.3 is 15.2 Å². The number of hydrogen-bond donors (Lipinski definition) is 2. The number of hydrogen-bond acceptors (Lipinski definition) is 4. The highest BCUT2D eigenvalue weighted by Crippen LogP contribution is 2.36. The second kappa shape index (κ2) is 6.71. The molecule has 0 unspecified atom stereocenters. The Hall–Kier alpha value is -2.43. The van der Waals surface area contributed by atoms with Crippen molar-refractivity contribution in [2.75, 3.05) is 20.2 Å². The van der Waals surface area contributed by atoms with E-state index in [9.17, 15) is 5.11 Å². The molecule has 2 heterocycles. The maximum atomic E-state index is 10.9. The van der Waals surface area contributed by atoms with Crippen LogP contribution in [0.1, 0.15) is 24.1 Å². The Balaban J connectivity index is 1.76. The van der Waals surface area contributed by atoms with Crippen LogP contribution in [0.25, 0.3) is 22.0 Å². The summed E-state index contributed by atoms with van der Waals surface area (Å²) in [6.07, 6.45) is 1.50. The molecule has 0 atom stereocenters. The first-order valence-electron chi connectivity index (χ1n) is 9.09. The van der Waals surface area contributed by atoms with Gasteiger partial charge >= 0.3 is 0 Å². The van der Waals surface area contributed by atoms with E-state index in [0.717, 1.165) is 65.0 Å². The average molecular weight is 348 g/mol. The van der Waals surface area contributed by atoms with Crippen LogP contribution >= 0.6 is 0 Å². The molecule has 1 aromatic heterocycles. The maximum absolute atomic E-state index is 10.9. The van der Waals surface area contributed by atoms with Crippen molar-refractivity contribution in [1.82, 2.24) is 10.3 Å². The van der Waals surface area contributed by atoms with Gasteiger partial charge in [0.05, 0.1) is 12.7 Å². The molecule has 1 saturated heterocycles. The third-order valence-corrected chi connectivity index (χ3v) is 5.34. The SMILES string of the molecule is COc1ccc(-c2ccc(C3(O)CCNCC3)cc2)c2ccc(C)nc12. The van der Waals surface area contributed by atoms with E-state index in [1.807, 2.05) is 19.1 Å². The smallest absolute Gasteiger partial charge is 0.145 e. The summed E-state index contributed by atoms with van der Waals surface area (Å²) in [7, 11) is 1.67. The van der Waals surface area contributed by atoms with Crippen molar-refractivity contribution in [3.63, 3.8) is 0 Å². The summed E-state index contributed by atoms with van der Waals surface area (Å²) >= 11 is 0. The predicted molar refractivity (Wildman–Crippen MR) is 104 cm³/mol. The fourth-order valence-electron chi connectivity index (χ4n) is 3.80. The summed E-state index contributed by atoms with van der Waals surface area (Å²) in [5.74, 6) is 0.785. The van der Waals surface area contributed by atoms with Gasteiger partial charge in [0.25, 0.3) is 0 Å². The van der Waals surface area contributed by atoms with E-state index in [-0.39, 0.29) is 0 Å². The standard InChI is InChI=1S/C22H24N2O2/c1-15-3-8-19-18(9-10-20(26-2)21(19)24-15)16-4-6-17(7-5-16)22(25)11-13-23-14-12-22/h3-10,23,25H,11-14H2,1-2H3. The van der Waals surface area contributed by atoms with Crippen molar-refractivity contribution < 1.29 is 9.84 Å². The number of benzene rings is 2. The van der Waals surface area contributed by atoms with Crippen LogP contribution in [0.15, 0.2) is 48.5 Å². The summed E-state index contributed by atoms with van der Waals surface area (Å²) in [4.78, 5) is 4.66. The van der Waals surface area contributed by atoms with Crippen molar-refractivity contribution in [2.45, 2.75) is 25.4 Å². The zero-order valence-electron chi connectivity index (χ0n) is 15.2. The molecule has 134 valence electrons. The minimum Gasteiger partial charge on any atom is -0.494 e. The zero-order chi connectivity index (χ0) is 18.1. The molecule has 0 bridgehead atoms. The minimum absolute atomic E-state index is 0.718. The number of rotatable bonds is 3. The van der Waals surface area contributed by atoms with Crippen LogP contribution in [0.5, 0.6) is 5.75 Å². The molecule has 26 heavy (non-hydrogen) atoms. The predicted octanol–water partition coefficient (Wildman–Crippen LogP) is 3.79. The molecule has 1 aliphatic heterocycles. The number of nitrogens with zero attached hydrogens (tertiary/aromatic N) is 1. The van der Waals surface area contributed by atoms with Crippen LogP contribution in [0.4, 0.5) is 0 Å². The molecule has 4 rings (SSSR count). The van der Waals surface area contributed by atoms with Gasteiger partial charge in [-0.05, 0) is 67.7 Å². The number of fused-ring (bicyclic) bond motifs is 1. The normalized spacial score (nSPS) is 16.6. The topological polar surface area (TPSA) is 54.4 Å². The molecule has 0 amide bonds. The molecule has 1 aliphatic rings. The summed E-state index contributed by atoms with van der Waals surface area (Å²) < 4.78 is 5.48. The van der Waals surface area contributed by atoms with E-state index in [4.69, 9.17) is 4.74 Å². The van der Waals surface area contributed by atoms with E-state index in [1.165, 1.54) is 0 Å². The van der Waals surface area contributed by atoms with Gasteiger partial charge in [-0.15, -0.1) is 0 Å². The summed E-state index contributed by atoms with van der Waals surface area (Å²) in [6.45, 7) is 3.69. The second-order valence-corrected chi connectivity index (χ2v) is 7.02. The Morgan fingerprint density at radius 3 is 2.42 bits per heavy atom. The zero-order valence-corrected chi connectivity index (χ0v) is 15.2. The highest BCUT2D eigenvalue weighted by atomic mass is 16.5. The van der Waals surface area contributed by atoms with E-state index in [1.54, 1.807) is 7.11 Å². The lowest BCUT2D eigenvalue weighted by Gasteiger charge is -2.33. The molecule has 0 aliphatic carbocycles. The number of methoxy groups -OCH3 is 1. The van der Waals surface area contributed by atoms with Crippen LogP contribution in [0.2, 0.25) is 0 Å². The van der Waals surface area contributed by atoms with E-state index in [2.05, 4.69) is 46.7 Å². The van der Waals surface area contributed by atoms with Gasteiger partial charge in [0.15, 0.2) is 0 Å². The third-order valence-electron chi connectivity index (χ3n) is 5.34. The second-order valence-electron chi connectivity index (χ2n) is 7.02. The molecule has 0 saturated carbocycles. The lowest BCUT2D eigenvalue weighted by Crippen LogP contribution is -2.39. The summed E-state index contributed by atoms with van der Waals surface area (Å²) in [5.41, 5.74) is 4.36. The molecule has 3 aromatic rings. The fourth-order valence-corrected chi connectivity index (χ4v) is 3.80.